The fraction of sp³-hybridized carbons (Fsp3) is 0.662. The number of pyridine rings is 4. The summed E-state index contributed by atoms with van der Waals surface area (Å²) in [7, 11) is -8.39. The molecule has 22 nitrogen and oxygen atoms in total. The molecular formula is C74H115Cl2N13O9S2. The van der Waals surface area contributed by atoms with Gasteiger partial charge in [0.1, 0.15) is 34.2 Å². The highest BCUT2D eigenvalue weighted by molar-refractivity contribution is 7.90. The van der Waals surface area contributed by atoms with E-state index in [-0.39, 0.29) is 73.9 Å². The number of rotatable bonds is 9. The topological polar surface area (TPSA) is 287 Å². The van der Waals surface area contributed by atoms with Crippen molar-refractivity contribution in [2.45, 2.75) is 234 Å². The van der Waals surface area contributed by atoms with Crippen LogP contribution in [-0.4, -0.2) is 129 Å². The van der Waals surface area contributed by atoms with Gasteiger partial charge < -0.3 is 31.1 Å². The molecule has 0 spiro atoms. The summed E-state index contributed by atoms with van der Waals surface area (Å²) >= 11 is 11.7. The van der Waals surface area contributed by atoms with Crippen LogP contribution in [-0.2, 0) is 34.4 Å². The van der Waals surface area contributed by atoms with Crippen LogP contribution < -0.4 is 45.4 Å². The lowest BCUT2D eigenvalue weighted by Crippen LogP contribution is -2.41. The Morgan fingerprint density at radius 1 is 0.540 bits per heavy atom. The normalized spacial score (nSPS) is 22.1. The second kappa shape index (κ2) is 35.7. The summed E-state index contributed by atoms with van der Waals surface area (Å²) in [6.45, 7) is 33.7. The Kier molecular flexibility index (Phi) is 29.5. The Bertz CT molecular complexity index is 3660. The number of sulfonamides is 2. The Morgan fingerprint density at radius 2 is 1.01 bits per heavy atom. The molecule has 5 fully saturated rings. The van der Waals surface area contributed by atoms with Crippen molar-refractivity contribution in [3.63, 3.8) is 0 Å². The lowest BCUT2D eigenvalue weighted by atomic mass is 9.87. The predicted molar refractivity (Wildman–Crippen MR) is 402 cm³/mol. The predicted octanol–water partition coefficient (Wildman–Crippen LogP) is 14.0. The number of alkyl halides is 1. The standard InChI is InChI=1S/C31H44N6O4S.C20H24ClN5O3S.C11H21NO.C7H15Cl.C4H7NO.CH4/c1-30(2,3)16-7-10-22-15-18-36(29(22)39)25-14-13-23-27(34-25)37-20-21(19-31(37,4)5)9-8-17-32-24-11-6-12-26(33-24)42(40,41)35-28(23)38;1-20(2)11-13-5-4-10-22-16-6-3-7-17(24-16)30(28,29)25-19(27)14-8-9-15(21)23-18(14)26(20)12-13;1-11(2,3)7-4-5-9-6-8-12-10(9)13;1-7(2,3)5-4-6-8;6-4-2-1-3-5-4;/h6,11-14,21-22H,7-10,15-20H2,1-5H3,(H,32,33)(H,35,38);3,6-9,13H,4-5,10-12H2,1-2H3,(H,22,24)(H,25,27);9H,4-8H2,1-3H3,(H,12,13);4-6H2,1-3H3;1-3H2,(H,5,6);1H4/t21-,22?;13-;;;;/m00..../s1. The van der Waals surface area contributed by atoms with Gasteiger partial charge >= 0.3 is 0 Å². The first-order valence-corrected chi connectivity index (χ1v) is 39.4. The molecule has 556 valence electrons. The van der Waals surface area contributed by atoms with Crippen LogP contribution in [0.15, 0.2) is 70.7 Å². The van der Waals surface area contributed by atoms with E-state index in [9.17, 15) is 40.8 Å². The molecule has 4 aromatic rings. The molecule has 7 aliphatic heterocycles. The number of carbonyl (C=O) groups excluding carboxylic acids is 5. The first kappa shape index (κ1) is 82.6. The maximum Gasteiger partial charge on any atom is 0.281 e. The molecule has 4 aromatic heterocycles. The van der Waals surface area contributed by atoms with Gasteiger partial charge in [-0.25, -0.2) is 29.4 Å². The van der Waals surface area contributed by atoms with E-state index in [2.05, 4.69) is 145 Å². The van der Waals surface area contributed by atoms with Crippen molar-refractivity contribution in [3.8, 4) is 0 Å². The summed E-state index contributed by atoms with van der Waals surface area (Å²) in [4.78, 5) is 85.1. The Balaban J connectivity index is 0.000000233. The third kappa shape index (κ3) is 24.7. The summed E-state index contributed by atoms with van der Waals surface area (Å²) in [5, 5.41) is 11.7. The lowest BCUT2D eigenvalue weighted by Gasteiger charge is -2.34. The highest BCUT2D eigenvalue weighted by Gasteiger charge is 2.44. The lowest BCUT2D eigenvalue weighted by molar-refractivity contribution is -0.123. The minimum atomic E-state index is -4.24. The smallest absolute Gasteiger partial charge is 0.281 e. The van der Waals surface area contributed by atoms with Gasteiger partial charge in [0.25, 0.3) is 31.9 Å². The molecule has 2 unspecified atom stereocenters. The molecule has 11 rings (SSSR count). The van der Waals surface area contributed by atoms with Gasteiger partial charge in [-0.2, -0.15) is 16.8 Å². The number of halogens is 2. The summed E-state index contributed by atoms with van der Waals surface area (Å²) in [5.74, 6) is 3.10. The largest absolute Gasteiger partial charge is 0.370 e. The van der Waals surface area contributed by atoms with Gasteiger partial charge in [0, 0.05) is 81.0 Å². The van der Waals surface area contributed by atoms with Crippen LogP contribution in [0.2, 0.25) is 5.15 Å². The van der Waals surface area contributed by atoms with Crippen molar-refractivity contribution in [2.75, 3.05) is 77.0 Å². The van der Waals surface area contributed by atoms with Crippen LogP contribution in [0.5, 0.6) is 0 Å². The second-order valence-corrected chi connectivity index (χ2v) is 36.2. The van der Waals surface area contributed by atoms with Crippen LogP contribution >= 0.6 is 23.2 Å². The number of carbonyl (C=O) groups is 5. The van der Waals surface area contributed by atoms with Crippen LogP contribution in [0.3, 0.4) is 0 Å². The fourth-order valence-corrected chi connectivity index (χ4v) is 15.9. The number of nitrogens with one attached hydrogen (secondary N) is 6. The summed E-state index contributed by atoms with van der Waals surface area (Å²) in [6.07, 6.45) is 18.0. The summed E-state index contributed by atoms with van der Waals surface area (Å²) in [6, 6.07) is 15.6. The molecule has 100 heavy (non-hydrogen) atoms. The zero-order chi connectivity index (χ0) is 72.7. The highest BCUT2D eigenvalue weighted by atomic mass is 35.5. The van der Waals surface area contributed by atoms with Gasteiger partial charge in [0.05, 0.1) is 11.1 Å². The number of fused-ring (bicyclic) bond motifs is 12. The highest BCUT2D eigenvalue weighted by Crippen LogP contribution is 2.43. The third-order valence-electron chi connectivity index (χ3n) is 18.9. The fourth-order valence-electron chi connectivity index (χ4n) is 13.8. The van der Waals surface area contributed by atoms with Crippen molar-refractivity contribution in [1.82, 2.24) is 40.0 Å². The Morgan fingerprint density at radius 3 is 1.44 bits per heavy atom. The zero-order valence-corrected chi connectivity index (χ0v) is 64.0. The van der Waals surface area contributed by atoms with Gasteiger partial charge in [-0.05, 0) is 201 Å². The van der Waals surface area contributed by atoms with Crippen molar-refractivity contribution < 1.29 is 40.8 Å². The minimum absolute atomic E-state index is 0. The molecule has 5 saturated heterocycles. The average molecular weight is 1470 g/mol. The number of nitrogens with zero attached hydrogens (tertiary/aromatic N) is 7. The van der Waals surface area contributed by atoms with Crippen LogP contribution in [0.4, 0.5) is 29.1 Å². The minimum Gasteiger partial charge on any atom is -0.370 e. The van der Waals surface area contributed by atoms with E-state index in [0.717, 1.165) is 122 Å². The van der Waals surface area contributed by atoms with Gasteiger partial charge in [0.2, 0.25) is 17.7 Å². The molecule has 0 saturated carbocycles. The van der Waals surface area contributed by atoms with E-state index in [1.54, 1.807) is 41.3 Å². The monoisotopic (exact) mass is 1460 g/mol. The van der Waals surface area contributed by atoms with Crippen molar-refractivity contribution in [2.24, 2.45) is 39.9 Å². The van der Waals surface area contributed by atoms with Crippen LogP contribution in [0, 0.1) is 39.9 Å². The average Bonchev–Trinajstić information content (AvgIpc) is 1.54. The molecule has 26 heteroatoms. The molecule has 8 bridgehead atoms. The Hall–Kier alpha value is -6.37. The maximum atomic E-state index is 13.6. The molecule has 4 atom stereocenters. The van der Waals surface area contributed by atoms with E-state index in [1.165, 1.54) is 43.5 Å². The maximum absolute atomic E-state index is 13.6. The quantitative estimate of drug-likeness (QED) is 0.0671. The van der Waals surface area contributed by atoms with E-state index < -0.39 is 31.9 Å². The first-order valence-electron chi connectivity index (χ1n) is 35.5. The third-order valence-corrected chi connectivity index (χ3v) is 21.9. The summed E-state index contributed by atoms with van der Waals surface area (Å²) < 4.78 is 56.3. The number of hydrogen-bond donors (Lipinski definition) is 6. The molecule has 0 radical (unpaired) electrons. The molecule has 7 aliphatic rings. The molecule has 6 N–H and O–H groups in total. The van der Waals surface area contributed by atoms with Gasteiger partial charge in [-0.3, -0.25) is 28.9 Å². The Labute approximate surface area is 607 Å². The molecule has 0 aromatic carbocycles. The van der Waals surface area contributed by atoms with E-state index >= 15 is 0 Å². The number of aromatic nitrogens is 4. The zero-order valence-electron chi connectivity index (χ0n) is 60.8. The molecular weight excluding hydrogens is 1350 g/mol. The second-order valence-electron chi connectivity index (χ2n) is 32.2. The molecule has 11 heterocycles. The van der Waals surface area contributed by atoms with Crippen molar-refractivity contribution >= 4 is 102 Å². The SMILES string of the molecule is C.CC(C)(C)CCCC1CCN(c2ccc3c(n2)N2C[C@@H](CCCNc4cccc(n4)S(=O)(=O)NC3=O)CC2(C)C)C1=O.CC(C)(C)CCCC1CCNC1=O.CC(C)(C)CCCCl.CC1(C)C[C@@H]2CCCNc3cccc(n3)S(=O)(=O)NC(=O)c3ccc(Cl)nc3N1C2.O=C1CCCN1. The van der Waals surface area contributed by atoms with Gasteiger partial charge in [0.15, 0.2) is 10.1 Å². The number of amides is 5. The molecule has 5 amide bonds. The first-order chi connectivity index (χ1) is 46.3. The number of anilines is 5. The van der Waals surface area contributed by atoms with Gasteiger partial charge in [-0.1, -0.05) is 106 Å². The van der Waals surface area contributed by atoms with E-state index in [4.69, 9.17) is 28.2 Å². The van der Waals surface area contributed by atoms with Gasteiger partial charge in [-0.15, -0.1) is 11.6 Å². The molecule has 0 aliphatic carbocycles. The van der Waals surface area contributed by atoms with E-state index in [0.29, 0.717) is 83.9 Å². The van der Waals surface area contributed by atoms with Crippen molar-refractivity contribution in [1.29, 1.82) is 0 Å². The van der Waals surface area contributed by atoms with Crippen LogP contribution in [0.1, 0.15) is 234 Å². The summed E-state index contributed by atoms with van der Waals surface area (Å²) in [5.41, 5.74) is 0.881. The van der Waals surface area contributed by atoms with E-state index in [1.807, 2.05) is 0 Å². The van der Waals surface area contributed by atoms with Crippen molar-refractivity contribution in [3.05, 3.63) is 76.9 Å². The number of hydrogen-bond acceptors (Lipinski definition) is 17. The van der Waals surface area contributed by atoms with Crippen LogP contribution in [0.25, 0.3) is 0 Å².